The molecule has 0 saturated heterocycles. The number of methoxy groups -OCH3 is 1. The molecule has 0 bridgehead atoms. The summed E-state index contributed by atoms with van der Waals surface area (Å²) in [5.41, 5.74) is 1.15. The smallest absolute Gasteiger partial charge is 0.256 e. The lowest BCUT2D eigenvalue weighted by Gasteiger charge is -2.36. The number of carbonyl (C=O) groups is 1. The van der Waals surface area contributed by atoms with Crippen LogP contribution in [-0.2, 0) is 4.79 Å². The number of halogens is 1. The van der Waals surface area contributed by atoms with Crippen molar-refractivity contribution in [2.75, 3.05) is 7.11 Å². The maximum Gasteiger partial charge on any atom is 0.256 e. The molecule has 4 nitrogen and oxygen atoms in total. The fraction of sp³-hybridized carbons (Fsp3) is 0.500. The quantitative estimate of drug-likeness (QED) is 0.858. The number of hydrogen-bond acceptors (Lipinski definition) is 3. The molecule has 3 rings (SSSR count). The molecule has 5 heteroatoms. The van der Waals surface area contributed by atoms with Gasteiger partial charge in [0.15, 0.2) is 0 Å². The number of aryl methyl sites for hydroxylation is 1. The van der Waals surface area contributed by atoms with Gasteiger partial charge >= 0.3 is 0 Å². The number of hydrogen-bond donors (Lipinski definition) is 2. The minimum atomic E-state index is -0.615. The van der Waals surface area contributed by atoms with Crippen molar-refractivity contribution < 1.29 is 14.6 Å². The summed E-state index contributed by atoms with van der Waals surface area (Å²) in [6.07, 6.45) is 3.52. The van der Waals surface area contributed by atoms with Crippen molar-refractivity contribution >= 4 is 23.1 Å². The highest BCUT2D eigenvalue weighted by Gasteiger charge is 2.48. The molecule has 0 aromatic heterocycles. The summed E-state index contributed by atoms with van der Waals surface area (Å²) >= 11 is 6.08. The molecule has 1 spiro atoms. The van der Waals surface area contributed by atoms with Gasteiger partial charge in [0.1, 0.15) is 11.5 Å². The summed E-state index contributed by atoms with van der Waals surface area (Å²) < 4.78 is 5.40. The Bertz CT molecular complexity index is 688. The minimum absolute atomic E-state index is 0.151. The van der Waals surface area contributed by atoms with E-state index in [1.54, 1.807) is 12.1 Å². The van der Waals surface area contributed by atoms with Crippen molar-refractivity contribution in [2.45, 2.75) is 45.1 Å². The molecule has 0 unspecified atom stereocenters. The number of aliphatic hydroxyl groups is 1. The van der Waals surface area contributed by atoms with Crippen LogP contribution < -0.4 is 10.1 Å². The molecule has 1 aliphatic heterocycles. The number of aliphatic hydroxyl groups excluding tert-OH is 1. The Morgan fingerprint density at radius 2 is 2.00 bits per heavy atom. The van der Waals surface area contributed by atoms with E-state index in [1.165, 1.54) is 7.11 Å². The van der Waals surface area contributed by atoms with Gasteiger partial charge in [-0.15, -0.1) is 0 Å². The van der Waals surface area contributed by atoms with Crippen LogP contribution in [0, 0.1) is 12.8 Å². The van der Waals surface area contributed by atoms with Crippen molar-refractivity contribution in [3.05, 3.63) is 34.0 Å². The Morgan fingerprint density at radius 1 is 1.35 bits per heavy atom. The van der Waals surface area contributed by atoms with Crippen LogP contribution in [0.5, 0.6) is 5.75 Å². The summed E-state index contributed by atoms with van der Waals surface area (Å²) in [7, 11) is 1.54. The molecule has 1 heterocycles. The molecule has 0 atom stereocenters. The van der Waals surface area contributed by atoms with Crippen LogP contribution in [0.15, 0.2) is 17.9 Å². The lowest BCUT2D eigenvalue weighted by molar-refractivity contribution is -0.116. The van der Waals surface area contributed by atoms with Crippen LogP contribution in [0.2, 0.25) is 5.02 Å². The van der Waals surface area contributed by atoms with Gasteiger partial charge in [0.05, 0.1) is 18.2 Å². The Labute approximate surface area is 141 Å². The normalized spacial score (nSPS) is 27.5. The van der Waals surface area contributed by atoms with Crippen molar-refractivity contribution in [3.8, 4) is 5.75 Å². The number of benzene rings is 1. The zero-order valence-corrected chi connectivity index (χ0v) is 14.5. The fourth-order valence-corrected chi connectivity index (χ4v) is 3.99. The van der Waals surface area contributed by atoms with Gasteiger partial charge in [0.2, 0.25) is 0 Å². The summed E-state index contributed by atoms with van der Waals surface area (Å²) in [6, 6.07) is 3.45. The van der Waals surface area contributed by atoms with E-state index in [1.807, 2.05) is 6.92 Å². The first kappa shape index (κ1) is 16.2. The second-order valence-corrected chi connectivity index (χ2v) is 7.18. The highest BCUT2D eigenvalue weighted by molar-refractivity contribution is 6.31. The standard InChI is InChI=1S/C18H22ClNO3/c1-10-4-6-18(7-5-10)16(21)15(17(22)20-18)14-11(2)8-12(19)9-13(14)23-3/h8-10,21H,4-7H2,1-3H3,(H,20,22). The Balaban J connectivity index is 2.12. The first-order chi connectivity index (χ1) is 10.9. The Kier molecular flexibility index (Phi) is 4.05. The topological polar surface area (TPSA) is 58.6 Å². The summed E-state index contributed by atoms with van der Waals surface area (Å²) in [5.74, 6) is 1.05. The van der Waals surface area contributed by atoms with Crippen molar-refractivity contribution in [1.29, 1.82) is 0 Å². The number of carbonyl (C=O) groups excluding carboxylic acids is 1. The van der Waals surface area contributed by atoms with Crippen LogP contribution in [-0.4, -0.2) is 23.7 Å². The third kappa shape index (κ3) is 2.59. The SMILES string of the molecule is COc1cc(Cl)cc(C)c1C1=C(O)C2(CCC(C)CC2)NC1=O. The van der Waals surface area contributed by atoms with Crippen LogP contribution in [0.3, 0.4) is 0 Å². The van der Waals surface area contributed by atoms with E-state index in [9.17, 15) is 9.90 Å². The fourth-order valence-electron chi connectivity index (χ4n) is 3.73. The molecule has 1 fully saturated rings. The van der Waals surface area contributed by atoms with Crippen LogP contribution >= 0.6 is 11.6 Å². The van der Waals surface area contributed by atoms with E-state index >= 15 is 0 Å². The number of rotatable bonds is 2. The summed E-state index contributed by atoms with van der Waals surface area (Å²) in [4.78, 5) is 12.6. The van der Waals surface area contributed by atoms with E-state index < -0.39 is 5.54 Å². The molecular formula is C18H22ClNO3. The zero-order valence-electron chi connectivity index (χ0n) is 13.7. The van der Waals surface area contributed by atoms with E-state index in [-0.39, 0.29) is 11.7 Å². The number of nitrogens with one attached hydrogen (secondary N) is 1. The van der Waals surface area contributed by atoms with Gasteiger partial charge in [-0.1, -0.05) is 18.5 Å². The summed E-state index contributed by atoms with van der Waals surface area (Å²) in [5, 5.41) is 14.5. The predicted molar refractivity (Wildman–Crippen MR) is 90.8 cm³/mol. The molecule has 0 radical (unpaired) electrons. The van der Waals surface area contributed by atoms with Gasteiger partial charge in [0.25, 0.3) is 5.91 Å². The molecule has 1 aliphatic carbocycles. The Hall–Kier alpha value is -1.68. The van der Waals surface area contributed by atoms with Crippen molar-refractivity contribution in [2.24, 2.45) is 5.92 Å². The molecule has 1 amide bonds. The molecule has 1 aromatic carbocycles. The maximum absolute atomic E-state index is 12.6. The lowest BCUT2D eigenvalue weighted by atomic mass is 9.76. The predicted octanol–water partition coefficient (Wildman–Crippen LogP) is 4.00. The second kappa shape index (κ2) is 5.75. The zero-order chi connectivity index (χ0) is 16.8. The largest absolute Gasteiger partial charge is 0.509 e. The highest BCUT2D eigenvalue weighted by Crippen LogP contribution is 2.45. The average Bonchev–Trinajstić information content (AvgIpc) is 2.73. The molecule has 2 aliphatic rings. The monoisotopic (exact) mass is 335 g/mol. The van der Waals surface area contributed by atoms with Gasteiger partial charge in [-0.25, -0.2) is 0 Å². The molecule has 2 N–H and O–H groups in total. The van der Waals surface area contributed by atoms with Crippen LogP contribution in [0.4, 0.5) is 0 Å². The molecule has 124 valence electrons. The van der Waals surface area contributed by atoms with E-state index in [4.69, 9.17) is 16.3 Å². The lowest BCUT2D eigenvalue weighted by Crippen LogP contribution is -2.47. The summed E-state index contributed by atoms with van der Waals surface area (Å²) in [6.45, 7) is 4.07. The third-order valence-electron chi connectivity index (χ3n) is 5.13. The van der Waals surface area contributed by atoms with Gasteiger partial charge in [-0.3, -0.25) is 4.79 Å². The average molecular weight is 336 g/mol. The van der Waals surface area contributed by atoms with Gasteiger partial charge in [0, 0.05) is 10.6 Å². The molecule has 1 aromatic rings. The van der Waals surface area contributed by atoms with E-state index in [2.05, 4.69) is 12.2 Å². The van der Waals surface area contributed by atoms with Crippen LogP contribution in [0.25, 0.3) is 5.57 Å². The third-order valence-corrected chi connectivity index (χ3v) is 5.35. The molecule has 23 heavy (non-hydrogen) atoms. The van der Waals surface area contributed by atoms with Crippen molar-refractivity contribution in [1.82, 2.24) is 5.32 Å². The minimum Gasteiger partial charge on any atom is -0.509 e. The highest BCUT2D eigenvalue weighted by atomic mass is 35.5. The van der Waals surface area contributed by atoms with Gasteiger partial charge in [-0.2, -0.15) is 0 Å². The number of ether oxygens (including phenoxy) is 1. The van der Waals surface area contributed by atoms with E-state index in [0.717, 1.165) is 31.2 Å². The van der Waals surface area contributed by atoms with Crippen LogP contribution in [0.1, 0.15) is 43.7 Å². The van der Waals surface area contributed by atoms with Gasteiger partial charge < -0.3 is 15.2 Å². The van der Waals surface area contributed by atoms with Crippen molar-refractivity contribution in [3.63, 3.8) is 0 Å². The van der Waals surface area contributed by atoms with Gasteiger partial charge in [-0.05, 0) is 56.2 Å². The first-order valence-corrected chi connectivity index (χ1v) is 8.36. The maximum atomic E-state index is 12.6. The second-order valence-electron chi connectivity index (χ2n) is 6.74. The first-order valence-electron chi connectivity index (χ1n) is 7.98. The number of amides is 1. The Morgan fingerprint density at radius 3 is 2.61 bits per heavy atom. The van der Waals surface area contributed by atoms with E-state index in [0.29, 0.717) is 27.8 Å². The molecular weight excluding hydrogens is 314 g/mol. The molecule has 1 saturated carbocycles.